The molecular formula is C16H26N4O4. The van der Waals surface area contributed by atoms with Gasteiger partial charge < -0.3 is 31.1 Å². The minimum atomic E-state index is -1.84. The fraction of sp³-hybridized carbons (Fsp3) is 0.500. The van der Waals surface area contributed by atoms with E-state index < -0.39 is 24.0 Å². The summed E-state index contributed by atoms with van der Waals surface area (Å²) in [5, 5.41) is 27.0. The third-order valence-electron chi connectivity index (χ3n) is 3.35. The van der Waals surface area contributed by atoms with E-state index in [1.807, 2.05) is 14.1 Å². The minimum Gasteiger partial charge on any atom is -0.385 e. The first kappa shape index (κ1) is 19.9. The Morgan fingerprint density at radius 2 is 1.58 bits per heavy atom. The number of rotatable bonds is 9. The number of hydrogen-bond donors (Lipinski definition) is 5. The largest absolute Gasteiger partial charge is 0.385 e. The zero-order valence-corrected chi connectivity index (χ0v) is 14.2. The van der Waals surface area contributed by atoms with Crippen LogP contribution in [-0.2, 0) is 9.59 Å². The van der Waals surface area contributed by atoms with Crippen LogP contribution in [0.25, 0.3) is 0 Å². The second kappa shape index (κ2) is 9.86. The van der Waals surface area contributed by atoms with Crippen LogP contribution >= 0.6 is 0 Å². The van der Waals surface area contributed by atoms with Gasteiger partial charge in [-0.3, -0.25) is 9.59 Å². The molecule has 134 valence electrons. The fourth-order valence-electron chi connectivity index (χ4n) is 1.95. The van der Waals surface area contributed by atoms with Crippen LogP contribution in [0.15, 0.2) is 24.3 Å². The molecule has 0 radical (unpaired) electrons. The van der Waals surface area contributed by atoms with Crippen molar-refractivity contribution >= 4 is 23.2 Å². The molecule has 0 aliphatic rings. The molecule has 0 heterocycles. The topological polar surface area (TPSA) is 114 Å². The number of benzene rings is 1. The molecule has 8 heteroatoms. The van der Waals surface area contributed by atoms with E-state index in [0.29, 0.717) is 5.69 Å². The van der Waals surface area contributed by atoms with Crippen molar-refractivity contribution in [3.63, 3.8) is 0 Å². The average Bonchev–Trinajstić information content (AvgIpc) is 2.57. The first-order valence-corrected chi connectivity index (χ1v) is 7.72. The van der Waals surface area contributed by atoms with Gasteiger partial charge in [-0.05, 0) is 51.3 Å². The predicted molar refractivity (Wildman–Crippen MR) is 92.8 cm³/mol. The molecule has 24 heavy (non-hydrogen) atoms. The lowest BCUT2D eigenvalue weighted by molar-refractivity contribution is -0.142. The number of anilines is 2. The van der Waals surface area contributed by atoms with E-state index in [4.69, 9.17) is 0 Å². The van der Waals surface area contributed by atoms with Crippen LogP contribution in [0.2, 0.25) is 0 Å². The lowest BCUT2D eigenvalue weighted by atomic mass is 10.1. The fourth-order valence-corrected chi connectivity index (χ4v) is 1.95. The number of aliphatic hydroxyl groups is 2. The van der Waals surface area contributed by atoms with E-state index in [1.165, 1.54) is 7.05 Å². The molecule has 0 spiro atoms. The number of amides is 2. The lowest BCUT2D eigenvalue weighted by Gasteiger charge is -2.16. The number of hydrogen-bond acceptors (Lipinski definition) is 6. The van der Waals surface area contributed by atoms with Gasteiger partial charge >= 0.3 is 0 Å². The van der Waals surface area contributed by atoms with Gasteiger partial charge in [0.15, 0.2) is 12.2 Å². The number of nitrogens with zero attached hydrogens (tertiary/aromatic N) is 1. The van der Waals surface area contributed by atoms with Crippen LogP contribution in [0.3, 0.4) is 0 Å². The molecule has 0 aliphatic carbocycles. The number of nitrogens with one attached hydrogen (secondary N) is 3. The quantitative estimate of drug-likeness (QED) is 0.386. The molecule has 2 atom stereocenters. The maximum absolute atomic E-state index is 11.8. The summed E-state index contributed by atoms with van der Waals surface area (Å²) in [6, 6.07) is 6.94. The molecule has 0 aliphatic heterocycles. The van der Waals surface area contributed by atoms with E-state index in [2.05, 4.69) is 20.9 Å². The molecule has 2 amide bonds. The molecule has 0 aromatic heterocycles. The Labute approximate surface area is 141 Å². The average molecular weight is 338 g/mol. The third-order valence-corrected chi connectivity index (χ3v) is 3.35. The Morgan fingerprint density at radius 3 is 2.12 bits per heavy atom. The molecule has 0 saturated carbocycles. The van der Waals surface area contributed by atoms with Crippen molar-refractivity contribution < 1.29 is 19.8 Å². The van der Waals surface area contributed by atoms with Gasteiger partial charge in [0.05, 0.1) is 0 Å². The van der Waals surface area contributed by atoms with Crippen molar-refractivity contribution in [3.05, 3.63) is 24.3 Å². The van der Waals surface area contributed by atoms with Crippen LogP contribution in [0, 0.1) is 0 Å². The second-order valence-electron chi connectivity index (χ2n) is 5.65. The molecule has 0 fully saturated rings. The zero-order valence-electron chi connectivity index (χ0n) is 14.2. The van der Waals surface area contributed by atoms with Gasteiger partial charge in [-0.25, -0.2) is 0 Å². The Balaban J connectivity index is 2.48. The smallest absolute Gasteiger partial charge is 0.256 e. The van der Waals surface area contributed by atoms with Crippen molar-refractivity contribution in [2.75, 3.05) is 44.9 Å². The van der Waals surface area contributed by atoms with Crippen LogP contribution < -0.4 is 16.0 Å². The molecular weight excluding hydrogens is 312 g/mol. The van der Waals surface area contributed by atoms with Crippen LogP contribution in [0.5, 0.6) is 0 Å². The van der Waals surface area contributed by atoms with Crippen molar-refractivity contribution in [3.8, 4) is 0 Å². The number of aliphatic hydroxyl groups excluding tert-OH is 2. The van der Waals surface area contributed by atoms with Gasteiger partial charge in [0.1, 0.15) is 0 Å². The molecule has 8 nitrogen and oxygen atoms in total. The summed E-state index contributed by atoms with van der Waals surface area (Å²) in [4.78, 5) is 25.1. The standard InChI is InChI=1S/C16H26N4O4/c1-17-15(23)13(21)14(22)16(24)19-12-7-5-11(6-8-12)18-9-4-10-20(2)3/h5-8,13-14,18,21-22H,4,9-10H2,1-3H3,(H,17,23)(H,19,24). The van der Waals surface area contributed by atoms with Crippen LogP contribution in [0.1, 0.15) is 6.42 Å². The van der Waals surface area contributed by atoms with E-state index in [9.17, 15) is 19.8 Å². The number of carbonyl (C=O) groups is 2. The van der Waals surface area contributed by atoms with Crippen molar-refractivity contribution in [2.45, 2.75) is 18.6 Å². The molecule has 5 N–H and O–H groups in total. The van der Waals surface area contributed by atoms with Crippen molar-refractivity contribution in [1.82, 2.24) is 10.2 Å². The molecule has 1 aromatic rings. The highest BCUT2D eigenvalue weighted by atomic mass is 16.3. The van der Waals surface area contributed by atoms with Crippen LogP contribution in [-0.4, -0.2) is 73.4 Å². The summed E-state index contributed by atoms with van der Waals surface area (Å²) in [7, 11) is 5.35. The Morgan fingerprint density at radius 1 is 1.04 bits per heavy atom. The van der Waals surface area contributed by atoms with Gasteiger partial charge in [0.2, 0.25) is 0 Å². The number of carbonyl (C=O) groups excluding carboxylic acids is 2. The lowest BCUT2D eigenvalue weighted by Crippen LogP contribution is -2.46. The summed E-state index contributed by atoms with van der Waals surface area (Å²) >= 11 is 0. The predicted octanol–water partition coefficient (Wildman–Crippen LogP) is -0.543. The summed E-state index contributed by atoms with van der Waals surface area (Å²) in [5.74, 6) is -1.67. The SMILES string of the molecule is CNC(=O)C(O)C(O)C(=O)Nc1ccc(NCCCN(C)C)cc1. The Kier molecular flexibility index (Phi) is 8.17. The second-order valence-corrected chi connectivity index (χ2v) is 5.65. The zero-order chi connectivity index (χ0) is 18.1. The van der Waals surface area contributed by atoms with E-state index in [1.54, 1.807) is 24.3 Å². The van der Waals surface area contributed by atoms with Crippen molar-refractivity contribution in [1.29, 1.82) is 0 Å². The van der Waals surface area contributed by atoms with E-state index in [0.717, 1.165) is 25.2 Å². The van der Waals surface area contributed by atoms with Gasteiger partial charge in [-0.2, -0.15) is 0 Å². The highest BCUT2D eigenvalue weighted by molar-refractivity contribution is 5.98. The molecule has 1 rings (SSSR count). The van der Waals surface area contributed by atoms with Gasteiger partial charge in [-0.1, -0.05) is 0 Å². The van der Waals surface area contributed by atoms with E-state index in [-0.39, 0.29) is 0 Å². The van der Waals surface area contributed by atoms with Gasteiger partial charge in [-0.15, -0.1) is 0 Å². The first-order valence-electron chi connectivity index (χ1n) is 7.72. The Hall–Kier alpha value is -2.16. The van der Waals surface area contributed by atoms with Crippen molar-refractivity contribution in [2.24, 2.45) is 0 Å². The number of likely N-dealkylation sites (N-methyl/N-ethyl adjacent to an activating group) is 1. The minimum absolute atomic E-state index is 0.460. The summed E-state index contributed by atoms with van der Waals surface area (Å²) in [6.07, 6.45) is -2.64. The molecule has 0 saturated heterocycles. The normalized spacial score (nSPS) is 13.2. The maximum atomic E-state index is 11.8. The highest BCUT2D eigenvalue weighted by Crippen LogP contribution is 2.14. The Bertz CT molecular complexity index is 533. The maximum Gasteiger partial charge on any atom is 0.256 e. The first-order chi connectivity index (χ1) is 11.3. The third kappa shape index (κ3) is 6.53. The summed E-state index contributed by atoms with van der Waals surface area (Å²) in [5.41, 5.74) is 1.37. The van der Waals surface area contributed by atoms with Crippen LogP contribution in [0.4, 0.5) is 11.4 Å². The highest BCUT2D eigenvalue weighted by Gasteiger charge is 2.29. The molecule has 0 bridgehead atoms. The van der Waals surface area contributed by atoms with E-state index >= 15 is 0 Å². The monoisotopic (exact) mass is 338 g/mol. The molecule has 2 unspecified atom stereocenters. The summed E-state index contributed by atoms with van der Waals surface area (Å²) < 4.78 is 0. The molecule has 1 aromatic carbocycles. The summed E-state index contributed by atoms with van der Waals surface area (Å²) in [6.45, 7) is 1.83. The van der Waals surface area contributed by atoms with Gasteiger partial charge in [0, 0.05) is 25.0 Å². The van der Waals surface area contributed by atoms with Gasteiger partial charge in [0.25, 0.3) is 11.8 Å².